The highest BCUT2D eigenvalue weighted by Crippen LogP contribution is 2.28. The second kappa shape index (κ2) is 2.92. The highest BCUT2D eigenvalue weighted by atomic mass is 32.1. The third-order valence-corrected chi connectivity index (χ3v) is 3.37. The molecule has 13 heavy (non-hydrogen) atoms. The van der Waals surface area contributed by atoms with E-state index in [9.17, 15) is 0 Å². The summed E-state index contributed by atoms with van der Waals surface area (Å²) in [6.45, 7) is 5.87. The van der Waals surface area contributed by atoms with Crippen molar-refractivity contribution in [2.45, 2.75) is 25.8 Å². The molecule has 1 saturated heterocycles. The maximum Gasteiger partial charge on any atom is 0.205 e. The van der Waals surface area contributed by atoms with Crippen molar-refractivity contribution in [1.82, 2.24) is 9.36 Å². The molecule has 1 aromatic heterocycles. The van der Waals surface area contributed by atoms with Crippen LogP contribution in [0.4, 0.5) is 5.13 Å². The van der Waals surface area contributed by atoms with Gasteiger partial charge in [-0.1, -0.05) is 6.92 Å². The van der Waals surface area contributed by atoms with Gasteiger partial charge in [-0.05, 0) is 13.3 Å². The summed E-state index contributed by atoms with van der Waals surface area (Å²) < 4.78 is 4.14. The molecule has 4 nitrogen and oxygen atoms in total. The first-order valence-electron chi connectivity index (χ1n) is 4.47. The Morgan fingerprint density at radius 2 is 2.31 bits per heavy atom. The molecule has 1 aliphatic heterocycles. The molecule has 2 heterocycles. The monoisotopic (exact) mass is 198 g/mol. The smallest absolute Gasteiger partial charge is 0.205 e. The van der Waals surface area contributed by atoms with Crippen LogP contribution in [0.15, 0.2) is 0 Å². The van der Waals surface area contributed by atoms with E-state index >= 15 is 0 Å². The van der Waals surface area contributed by atoms with Crippen LogP contribution >= 0.6 is 11.5 Å². The number of hydrogen-bond acceptors (Lipinski definition) is 5. The molecule has 0 bridgehead atoms. The number of nitrogens with two attached hydrogens (primary N) is 1. The van der Waals surface area contributed by atoms with Gasteiger partial charge < -0.3 is 10.6 Å². The van der Waals surface area contributed by atoms with Crippen molar-refractivity contribution in [1.29, 1.82) is 0 Å². The van der Waals surface area contributed by atoms with Gasteiger partial charge in [-0.25, -0.2) is 4.98 Å². The van der Waals surface area contributed by atoms with Gasteiger partial charge in [-0.2, -0.15) is 4.37 Å². The topological polar surface area (TPSA) is 55.0 Å². The third kappa shape index (κ3) is 1.53. The van der Waals surface area contributed by atoms with E-state index in [2.05, 4.69) is 21.2 Å². The van der Waals surface area contributed by atoms with Crippen LogP contribution in [-0.4, -0.2) is 28.0 Å². The summed E-state index contributed by atoms with van der Waals surface area (Å²) in [5.74, 6) is 0.853. The van der Waals surface area contributed by atoms with Crippen molar-refractivity contribution in [2.75, 3.05) is 18.0 Å². The number of anilines is 1. The molecule has 1 fully saturated rings. The Hall–Kier alpha value is -0.680. The van der Waals surface area contributed by atoms with E-state index in [0.29, 0.717) is 0 Å². The Kier molecular flexibility index (Phi) is 2.00. The van der Waals surface area contributed by atoms with E-state index < -0.39 is 0 Å². The molecule has 0 aliphatic carbocycles. The molecule has 0 saturated carbocycles. The Morgan fingerprint density at radius 3 is 2.77 bits per heavy atom. The number of aromatic nitrogens is 2. The van der Waals surface area contributed by atoms with Crippen LogP contribution in [0.25, 0.3) is 0 Å². The fourth-order valence-corrected chi connectivity index (χ4v) is 2.16. The van der Waals surface area contributed by atoms with Gasteiger partial charge in [0.25, 0.3) is 0 Å². The van der Waals surface area contributed by atoms with Crippen LogP contribution in [0, 0.1) is 6.92 Å². The van der Waals surface area contributed by atoms with E-state index in [1.807, 2.05) is 6.92 Å². The lowest BCUT2D eigenvalue weighted by Crippen LogP contribution is -2.67. The minimum Gasteiger partial charge on any atom is -0.343 e. The zero-order chi connectivity index (χ0) is 9.47. The predicted octanol–water partition coefficient (Wildman–Crippen LogP) is 0.774. The SMILES string of the molecule is CCC1(N)CN(c2nc(C)ns2)C1. The third-order valence-electron chi connectivity index (χ3n) is 2.50. The Labute approximate surface area is 81.9 Å². The lowest BCUT2D eigenvalue weighted by molar-refractivity contribution is 0.322. The molecule has 2 N–H and O–H groups in total. The molecular formula is C8H14N4S. The summed E-state index contributed by atoms with van der Waals surface area (Å²) in [5, 5.41) is 1.01. The molecule has 2 rings (SSSR count). The maximum atomic E-state index is 6.05. The minimum atomic E-state index is 0.0135. The van der Waals surface area contributed by atoms with Crippen molar-refractivity contribution in [2.24, 2.45) is 5.73 Å². The first kappa shape index (κ1) is 8.90. The lowest BCUT2D eigenvalue weighted by atomic mass is 9.89. The summed E-state index contributed by atoms with van der Waals surface area (Å²) in [6, 6.07) is 0. The van der Waals surface area contributed by atoms with E-state index in [1.165, 1.54) is 11.5 Å². The van der Waals surface area contributed by atoms with E-state index in [-0.39, 0.29) is 5.54 Å². The van der Waals surface area contributed by atoms with E-state index in [0.717, 1.165) is 30.5 Å². The molecular weight excluding hydrogens is 184 g/mol. The van der Waals surface area contributed by atoms with Gasteiger partial charge in [0, 0.05) is 24.6 Å². The predicted molar refractivity (Wildman–Crippen MR) is 54.1 cm³/mol. The number of aryl methyl sites for hydroxylation is 1. The van der Waals surface area contributed by atoms with Gasteiger partial charge in [0.1, 0.15) is 5.82 Å². The van der Waals surface area contributed by atoms with Crippen LogP contribution in [0.5, 0.6) is 0 Å². The molecule has 0 amide bonds. The van der Waals surface area contributed by atoms with Gasteiger partial charge in [0.2, 0.25) is 5.13 Å². The number of rotatable bonds is 2. The zero-order valence-corrected chi connectivity index (χ0v) is 8.77. The summed E-state index contributed by atoms with van der Waals surface area (Å²) in [6.07, 6.45) is 1.03. The second-order valence-electron chi connectivity index (χ2n) is 3.70. The largest absolute Gasteiger partial charge is 0.343 e. The standard InChI is InChI=1S/C8H14N4S/c1-3-8(9)4-12(5-8)7-10-6(2)11-13-7/h3-5,9H2,1-2H3. The summed E-state index contributed by atoms with van der Waals surface area (Å²) in [4.78, 5) is 6.50. The zero-order valence-electron chi connectivity index (χ0n) is 7.95. The van der Waals surface area contributed by atoms with Crippen molar-refractivity contribution in [3.05, 3.63) is 5.82 Å². The fraction of sp³-hybridized carbons (Fsp3) is 0.750. The first-order valence-corrected chi connectivity index (χ1v) is 5.24. The van der Waals surface area contributed by atoms with E-state index in [4.69, 9.17) is 5.73 Å². The molecule has 1 aliphatic rings. The molecule has 0 atom stereocenters. The lowest BCUT2D eigenvalue weighted by Gasteiger charge is -2.47. The number of nitrogens with zero attached hydrogens (tertiary/aromatic N) is 3. The highest BCUT2D eigenvalue weighted by molar-refractivity contribution is 7.09. The van der Waals surface area contributed by atoms with Gasteiger partial charge in [0.15, 0.2) is 0 Å². The highest BCUT2D eigenvalue weighted by Gasteiger charge is 2.39. The van der Waals surface area contributed by atoms with Crippen molar-refractivity contribution >= 4 is 16.7 Å². The first-order chi connectivity index (χ1) is 6.13. The average Bonchev–Trinajstić information content (AvgIpc) is 2.46. The van der Waals surface area contributed by atoms with Crippen LogP contribution < -0.4 is 10.6 Å². The Bertz CT molecular complexity index is 303. The average molecular weight is 198 g/mol. The summed E-state index contributed by atoms with van der Waals surface area (Å²) in [7, 11) is 0. The van der Waals surface area contributed by atoms with Crippen molar-refractivity contribution < 1.29 is 0 Å². The molecule has 0 unspecified atom stereocenters. The van der Waals surface area contributed by atoms with Crippen LogP contribution in [0.3, 0.4) is 0 Å². The fourth-order valence-electron chi connectivity index (χ4n) is 1.49. The number of hydrogen-bond donors (Lipinski definition) is 1. The minimum absolute atomic E-state index is 0.0135. The van der Waals surface area contributed by atoms with Gasteiger partial charge in [-0.3, -0.25) is 0 Å². The maximum absolute atomic E-state index is 6.05. The molecule has 72 valence electrons. The molecule has 0 spiro atoms. The van der Waals surface area contributed by atoms with Gasteiger partial charge in [0.05, 0.1) is 5.54 Å². The Morgan fingerprint density at radius 1 is 1.62 bits per heavy atom. The quantitative estimate of drug-likeness (QED) is 0.762. The second-order valence-corrected chi connectivity index (χ2v) is 4.43. The molecule has 0 aromatic carbocycles. The Balaban J connectivity index is 2.01. The van der Waals surface area contributed by atoms with Crippen LogP contribution in [0.1, 0.15) is 19.2 Å². The van der Waals surface area contributed by atoms with Gasteiger partial charge >= 0.3 is 0 Å². The van der Waals surface area contributed by atoms with Crippen molar-refractivity contribution in [3.8, 4) is 0 Å². The van der Waals surface area contributed by atoms with Crippen molar-refractivity contribution in [3.63, 3.8) is 0 Å². The summed E-state index contributed by atoms with van der Waals surface area (Å²) in [5.41, 5.74) is 6.06. The van der Waals surface area contributed by atoms with Crippen LogP contribution in [0.2, 0.25) is 0 Å². The van der Waals surface area contributed by atoms with Gasteiger partial charge in [-0.15, -0.1) is 0 Å². The summed E-state index contributed by atoms with van der Waals surface area (Å²) >= 11 is 1.45. The van der Waals surface area contributed by atoms with E-state index in [1.54, 1.807) is 0 Å². The molecule has 0 radical (unpaired) electrons. The van der Waals surface area contributed by atoms with Crippen LogP contribution in [-0.2, 0) is 0 Å². The normalized spacial score (nSPS) is 20.1. The molecule has 5 heteroatoms. The molecule has 1 aromatic rings.